The van der Waals surface area contributed by atoms with Crippen LogP contribution in [0.4, 0.5) is 5.69 Å². The van der Waals surface area contributed by atoms with Crippen LogP contribution >= 0.6 is 0 Å². The molecule has 0 fully saturated rings. The average Bonchev–Trinajstić information content (AvgIpc) is 2.34. The third-order valence-corrected chi connectivity index (χ3v) is 2.84. The van der Waals surface area contributed by atoms with Crippen molar-refractivity contribution in [3.05, 3.63) is 41.1 Å². The van der Waals surface area contributed by atoms with Gasteiger partial charge in [0.1, 0.15) is 14.6 Å². The molecule has 1 rings (SSSR count). The molecule has 0 atom stereocenters. The van der Waals surface area contributed by atoms with E-state index in [1.54, 1.807) is 11.0 Å². The zero-order valence-electron chi connectivity index (χ0n) is 12.1. The van der Waals surface area contributed by atoms with Gasteiger partial charge in [0.05, 0.1) is 0 Å². The highest BCUT2D eigenvalue weighted by Gasteiger charge is 2.14. The minimum Gasteiger partial charge on any atom is -0.624 e. The van der Waals surface area contributed by atoms with E-state index in [2.05, 4.69) is 13.3 Å². The van der Waals surface area contributed by atoms with Crippen LogP contribution in [0.1, 0.15) is 19.4 Å². The van der Waals surface area contributed by atoms with Crippen LogP contribution in [0.5, 0.6) is 0 Å². The first-order valence-corrected chi connectivity index (χ1v) is 6.37. The van der Waals surface area contributed by atoms with Crippen molar-refractivity contribution in [1.29, 1.82) is 0 Å². The molecule has 0 saturated carbocycles. The Morgan fingerprint density at radius 3 is 2.60 bits per heavy atom. The number of rotatable bonds is 6. The summed E-state index contributed by atoms with van der Waals surface area (Å²) in [5, 5.41) is 10.9. The largest absolute Gasteiger partial charge is 0.624 e. The van der Waals surface area contributed by atoms with Gasteiger partial charge in [0.2, 0.25) is 5.91 Å². The third kappa shape index (κ3) is 4.57. The molecule has 20 heavy (non-hydrogen) atoms. The molecular weight excluding hydrogens is 251 g/mol. The lowest BCUT2D eigenvalue weighted by Gasteiger charge is -2.24. The molecule has 0 saturated heterocycles. The van der Waals surface area contributed by atoms with Gasteiger partial charge in [0, 0.05) is 25.6 Å². The van der Waals surface area contributed by atoms with Crippen LogP contribution in [0.2, 0.25) is 0 Å². The fraction of sp³-hybridized carbons (Fsp3) is 0.333. The Bertz CT molecular complexity index is 541. The van der Waals surface area contributed by atoms with Crippen LogP contribution < -0.4 is 10.4 Å². The van der Waals surface area contributed by atoms with Gasteiger partial charge in [-0.3, -0.25) is 4.79 Å². The van der Waals surface area contributed by atoms with E-state index in [4.69, 9.17) is 7.85 Å². The fourth-order valence-electron chi connectivity index (χ4n) is 1.87. The highest BCUT2D eigenvalue weighted by atomic mass is 16.5. The van der Waals surface area contributed by atoms with Gasteiger partial charge in [-0.15, -0.1) is 0 Å². The van der Waals surface area contributed by atoms with Crippen LogP contribution in [0.3, 0.4) is 0 Å². The second-order valence-electron chi connectivity index (χ2n) is 4.91. The van der Waals surface area contributed by atoms with Crippen molar-refractivity contribution < 1.29 is 9.53 Å². The average molecular weight is 270 g/mol. The predicted octanol–water partition coefficient (Wildman–Crippen LogP) is 1.16. The van der Waals surface area contributed by atoms with Crippen molar-refractivity contribution in [3.8, 4) is 0 Å². The summed E-state index contributed by atoms with van der Waals surface area (Å²) < 4.78 is 0.632. The molecule has 104 valence electrons. The molecule has 0 aliphatic rings. The molecule has 4 nitrogen and oxygen atoms in total. The quantitative estimate of drug-likeness (QED) is 0.194. The maximum Gasteiger partial charge on any atom is 0.224 e. The number of hydroxylamine groups is 1. The van der Waals surface area contributed by atoms with E-state index >= 15 is 0 Å². The maximum atomic E-state index is 11.8. The number of nitrogens with zero attached hydrogens (tertiary/aromatic N) is 2. The van der Waals surface area contributed by atoms with Gasteiger partial charge in [-0.05, 0) is 18.6 Å². The zero-order chi connectivity index (χ0) is 15.3. The van der Waals surface area contributed by atoms with Gasteiger partial charge in [0.25, 0.3) is 0 Å². The molecule has 0 spiro atoms. The molecular formula is C15H19BN2O2. The molecule has 0 unspecified atom stereocenters. The van der Waals surface area contributed by atoms with E-state index in [9.17, 15) is 10.0 Å². The van der Waals surface area contributed by atoms with Crippen LogP contribution in [-0.2, 0) is 11.2 Å². The van der Waals surface area contributed by atoms with Gasteiger partial charge in [0.15, 0.2) is 6.54 Å². The number of hydrogen-bond donors (Lipinski definition) is 0. The minimum atomic E-state index is -0.0977. The van der Waals surface area contributed by atoms with Crippen molar-refractivity contribution >= 4 is 31.6 Å². The van der Waals surface area contributed by atoms with Crippen molar-refractivity contribution in [2.24, 2.45) is 0 Å². The second-order valence-corrected chi connectivity index (χ2v) is 4.91. The summed E-state index contributed by atoms with van der Waals surface area (Å²) in [6.45, 7) is 11.2. The Kier molecular flexibility index (Phi) is 5.56. The molecule has 1 amide bonds. The molecule has 0 heterocycles. The van der Waals surface area contributed by atoms with E-state index < -0.39 is 0 Å². The number of carbonyl (C=O) groups is 1. The van der Waals surface area contributed by atoms with Gasteiger partial charge in [-0.2, -0.15) is 0 Å². The highest BCUT2D eigenvalue weighted by molar-refractivity contribution is 6.36. The Hall–Kier alpha value is -2.04. The lowest BCUT2D eigenvalue weighted by Crippen LogP contribution is -2.34. The SMILES string of the molecule is [B]c1ccc(CC[N+](=C)[O-])cc1N(CC(=C)C)C(C)=O. The standard InChI is InChI=1S/C15H19BN2O2/c1-11(2)10-18(12(3)19)15-9-13(5-6-14(15)16)7-8-17(4)20/h5-6,9H,1,4,7-8,10H2,2-3H3. The number of carbonyl (C=O) groups excluding carboxylic acids is 1. The van der Waals surface area contributed by atoms with E-state index in [1.165, 1.54) is 6.92 Å². The normalized spacial score (nSPS) is 10.1. The number of benzene rings is 1. The van der Waals surface area contributed by atoms with E-state index in [0.717, 1.165) is 11.1 Å². The van der Waals surface area contributed by atoms with E-state index in [0.29, 0.717) is 35.4 Å². The van der Waals surface area contributed by atoms with Crippen LogP contribution in [0.15, 0.2) is 30.4 Å². The topological polar surface area (TPSA) is 46.4 Å². The summed E-state index contributed by atoms with van der Waals surface area (Å²) >= 11 is 0. The molecule has 0 aliphatic carbocycles. The Morgan fingerprint density at radius 2 is 2.10 bits per heavy atom. The number of amides is 1. The first-order valence-electron chi connectivity index (χ1n) is 6.37. The lowest BCUT2D eigenvalue weighted by atomic mass is 9.91. The van der Waals surface area contributed by atoms with Crippen molar-refractivity contribution in [2.45, 2.75) is 20.3 Å². The zero-order valence-corrected chi connectivity index (χ0v) is 12.1. The third-order valence-electron chi connectivity index (χ3n) is 2.84. The molecule has 0 N–H and O–H groups in total. The van der Waals surface area contributed by atoms with E-state index in [1.807, 2.05) is 19.1 Å². The Morgan fingerprint density at radius 1 is 1.45 bits per heavy atom. The van der Waals surface area contributed by atoms with Gasteiger partial charge < -0.3 is 10.1 Å². The number of anilines is 1. The van der Waals surface area contributed by atoms with Crippen LogP contribution in [-0.4, -0.2) is 38.3 Å². The van der Waals surface area contributed by atoms with Crippen molar-refractivity contribution in [1.82, 2.24) is 0 Å². The molecule has 2 radical (unpaired) electrons. The monoisotopic (exact) mass is 270 g/mol. The number of hydrogen-bond acceptors (Lipinski definition) is 2. The van der Waals surface area contributed by atoms with Crippen molar-refractivity contribution in [2.75, 3.05) is 18.0 Å². The summed E-state index contributed by atoms with van der Waals surface area (Å²) in [6, 6.07) is 5.43. The second kappa shape index (κ2) is 6.94. The summed E-state index contributed by atoms with van der Waals surface area (Å²) in [7, 11) is 5.95. The maximum absolute atomic E-state index is 11.8. The predicted molar refractivity (Wildman–Crippen MR) is 84.0 cm³/mol. The minimum absolute atomic E-state index is 0.0977. The molecule has 0 aliphatic heterocycles. The van der Waals surface area contributed by atoms with Gasteiger partial charge in [-0.25, -0.2) is 4.74 Å². The highest BCUT2D eigenvalue weighted by Crippen LogP contribution is 2.16. The summed E-state index contributed by atoms with van der Waals surface area (Å²) in [5.41, 5.74) is 2.98. The Balaban J connectivity index is 3.06. The molecule has 1 aromatic carbocycles. The summed E-state index contributed by atoms with van der Waals surface area (Å²) in [6.07, 6.45) is 0.555. The smallest absolute Gasteiger partial charge is 0.224 e. The van der Waals surface area contributed by atoms with Crippen LogP contribution in [0.25, 0.3) is 0 Å². The van der Waals surface area contributed by atoms with Crippen molar-refractivity contribution in [3.63, 3.8) is 0 Å². The lowest BCUT2D eigenvalue weighted by molar-refractivity contribution is -0.447. The summed E-state index contributed by atoms with van der Waals surface area (Å²) in [4.78, 5) is 13.4. The molecule has 0 bridgehead atoms. The Labute approximate surface area is 121 Å². The first-order chi connectivity index (χ1) is 9.31. The molecule has 5 heteroatoms. The molecule has 0 aromatic heterocycles. The van der Waals surface area contributed by atoms with Gasteiger partial charge >= 0.3 is 0 Å². The fourth-order valence-corrected chi connectivity index (χ4v) is 1.87. The first kappa shape index (κ1) is 16.0. The molecule has 1 aromatic rings. The van der Waals surface area contributed by atoms with E-state index in [-0.39, 0.29) is 5.91 Å². The van der Waals surface area contributed by atoms with Gasteiger partial charge in [-0.1, -0.05) is 29.7 Å². The summed E-state index contributed by atoms with van der Waals surface area (Å²) in [5.74, 6) is -0.0977. The van der Waals surface area contributed by atoms with Crippen LogP contribution in [0, 0.1) is 5.21 Å².